The Morgan fingerprint density at radius 1 is 1.29 bits per heavy atom. The normalized spacial score (nSPS) is 12.0. The van der Waals surface area contributed by atoms with Crippen LogP contribution in [0.4, 0.5) is 5.13 Å². The van der Waals surface area contributed by atoms with Crippen molar-refractivity contribution in [3.05, 3.63) is 48.3 Å². The van der Waals surface area contributed by atoms with E-state index in [0.717, 1.165) is 15.9 Å². The average molecular weight is 364 g/mol. The second-order valence-corrected chi connectivity index (χ2v) is 7.10. The molecule has 0 fully saturated rings. The number of nitrogens with zero attached hydrogens (tertiary/aromatic N) is 2. The zero-order chi connectivity index (χ0) is 16.8. The summed E-state index contributed by atoms with van der Waals surface area (Å²) in [6.45, 7) is 2.43. The number of thioether (sulfide) groups is 1. The molecule has 0 bridgehead atoms. The Bertz CT molecular complexity index is 756. The predicted molar refractivity (Wildman–Crippen MR) is 91.9 cm³/mol. The van der Waals surface area contributed by atoms with Gasteiger partial charge in [-0.2, -0.15) is 0 Å². The molecule has 1 unspecified atom stereocenters. The molecule has 0 aliphatic heterocycles. The van der Waals surface area contributed by atoms with Crippen molar-refractivity contribution >= 4 is 34.1 Å². The van der Waals surface area contributed by atoms with E-state index >= 15 is 0 Å². The molecule has 3 heterocycles. The van der Waals surface area contributed by atoms with Gasteiger partial charge in [-0.1, -0.05) is 23.1 Å². The van der Waals surface area contributed by atoms with Crippen LogP contribution in [0.1, 0.15) is 24.5 Å². The second kappa shape index (κ2) is 8.02. The summed E-state index contributed by atoms with van der Waals surface area (Å²) in [7, 11) is 0. The van der Waals surface area contributed by atoms with Crippen LogP contribution in [0.2, 0.25) is 0 Å². The number of carbonyl (C=O) groups excluding carboxylic acids is 1. The summed E-state index contributed by atoms with van der Waals surface area (Å²) in [5.74, 6) is 1.75. The first-order chi connectivity index (χ1) is 11.7. The molecule has 0 saturated carbocycles. The van der Waals surface area contributed by atoms with Crippen LogP contribution in [-0.4, -0.2) is 21.9 Å². The smallest absolute Gasteiger partial charge is 0.231 e. The van der Waals surface area contributed by atoms with Gasteiger partial charge in [-0.15, -0.1) is 10.2 Å². The van der Waals surface area contributed by atoms with E-state index in [9.17, 15) is 4.79 Å². The number of carbonyl (C=O) groups is 1. The van der Waals surface area contributed by atoms with E-state index in [2.05, 4.69) is 20.8 Å². The van der Waals surface area contributed by atoms with Crippen molar-refractivity contribution in [1.29, 1.82) is 0 Å². The summed E-state index contributed by atoms with van der Waals surface area (Å²) in [5, 5.41) is 14.8. The highest BCUT2D eigenvalue weighted by atomic mass is 32.2. The van der Waals surface area contributed by atoms with Crippen molar-refractivity contribution in [3.8, 4) is 0 Å². The average Bonchev–Trinajstić information content (AvgIpc) is 3.33. The Morgan fingerprint density at radius 2 is 2.12 bits per heavy atom. The maximum absolute atomic E-state index is 12.0. The first-order valence-electron chi connectivity index (χ1n) is 7.26. The van der Waals surface area contributed by atoms with Crippen molar-refractivity contribution in [1.82, 2.24) is 15.5 Å². The molecule has 3 rings (SSSR count). The fraction of sp³-hybridized carbons (Fsp3) is 0.267. The van der Waals surface area contributed by atoms with Crippen molar-refractivity contribution < 1.29 is 13.6 Å². The van der Waals surface area contributed by atoms with Crippen LogP contribution in [0.15, 0.2) is 50.0 Å². The van der Waals surface area contributed by atoms with Crippen LogP contribution in [0.5, 0.6) is 0 Å². The zero-order valence-corrected chi connectivity index (χ0v) is 14.5. The Morgan fingerprint density at radius 3 is 2.88 bits per heavy atom. The van der Waals surface area contributed by atoms with Gasteiger partial charge in [0.15, 0.2) is 4.34 Å². The van der Waals surface area contributed by atoms with Crippen molar-refractivity contribution in [2.24, 2.45) is 0 Å². The Labute approximate surface area is 146 Å². The number of aromatic nitrogens is 2. The van der Waals surface area contributed by atoms with Gasteiger partial charge in [0, 0.05) is 0 Å². The number of hydrogen-bond donors (Lipinski definition) is 2. The van der Waals surface area contributed by atoms with Crippen molar-refractivity contribution in [2.45, 2.75) is 23.8 Å². The molecule has 3 aromatic rings. The largest absolute Gasteiger partial charge is 0.467 e. The minimum Gasteiger partial charge on any atom is -0.467 e. The maximum Gasteiger partial charge on any atom is 0.231 e. The third-order valence-corrected chi connectivity index (χ3v) is 5.09. The molecular formula is C15H16N4O3S2. The third kappa shape index (κ3) is 4.62. The minimum atomic E-state index is -0.159. The lowest BCUT2D eigenvalue weighted by Crippen LogP contribution is -2.27. The lowest BCUT2D eigenvalue weighted by atomic mass is 10.2. The van der Waals surface area contributed by atoms with Gasteiger partial charge in [0.05, 0.1) is 30.9 Å². The highest BCUT2D eigenvalue weighted by Crippen LogP contribution is 2.25. The summed E-state index contributed by atoms with van der Waals surface area (Å²) in [6, 6.07) is 7.19. The van der Waals surface area contributed by atoms with E-state index in [1.807, 2.05) is 25.1 Å². The van der Waals surface area contributed by atoms with Crippen molar-refractivity contribution in [2.75, 3.05) is 11.1 Å². The van der Waals surface area contributed by atoms with Gasteiger partial charge in [0.2, 0.25) is 11.0 Å². The molecule has 9 heteroatoms. The number of hydrogen-bond acceptors (Lipinski definition) is 8. The first kappa shape index (κ1) is 16.6. The van der Waals surface area contributed by atoms with Crippen LogP contribution >= 0.6 is 23.1 Å². The first-order valence-corrected chi connectivity index (χ1v) is 9.06. The Kier molecular flexibility index (Phi) is 5.55. The van der Waals surface area contributed by atoms with E-state index in [1.165, 1.54) is 23.1 Å². The Balaban J connectivity index is 1.42. The lowest BCUT2D eigenvalue weighted by molar-refractivity contribution is -0.119. The number of nitrogens with one attached hydrogen (secondary N) is 2. The van der Waals surface area contributed by atoms with Crippen molar-refractivity contribution in [3.63, 3.8) is 0 Å². The highest BCUT2D eigenvalue weighted by molar-refractivity contribution is 8.01. The maximum atomic E-state index is 12.0. The number of furan rings is 2. The molecule has 3 aromatic heterocycles. The second-order valence-electron chi connectivity index (χ2n) is 4.90. The molecule has 126 valence electrons. The lowest BCUT2D eigenvalue weighted by Gasteiger charge is -2.10. The number of rotatable bonds is 8. The number of anilines is 1. The summed E-state index contributed by atoms with van der Waals surface area (Å²) < 4.78 is 11.2. The molecule has 0 aliphatic carbocycles. The van der Waals surface area contributed by atoms with E-state index in [1.54, 1.807) is 18.6 Å². The van der Waals surface area contributed by atoms with E-state index < -0.39 is 0 Å². The van der Waals surface area contributed by atoms with Crippen LogP contribution in [0, 0.1) is 0 Å². The van der Waals surface area contributed by atoms with Gasteiger partial charge < -0.3 is 19.5 Å². The van der Waals surface area contributed by atoms with Gasteiger partial charge in [-0.25, -0.2) is 0 Å². The van der Waals surface area contributed by atoms with Gasteiger partial charge in [-0.3, -0.25) is 4.79 Å². The standard InChI is InChI=1S/C15H16N4O3S2/c1-10(12-5-3-7-22-12)17-13(20)9-23-15-19-18-14(24-15)16-8-11-4-2-6-21-11/h2-7,10H,8-9H2,1H3,(H,16,18)(H,17,20). The monoisotopic (exact) mass is 364 g/mol. The molecule has 1 atom stereocenters. The minimum absolute atomic E-state index is 0.0794. The zero-order valence-electron chi connectivity index (χ0n) is 12.9. The van der Waals surface area contributed by atoms with Crippen LogP contribution in [0.25, 0.3) is 0 Å². The van der Waals surface area contributed by atoms with Gasteiger partial charge in [-0.05, 0) is 31.2 Å². The summed E-state index contributed by atoms with van der Waals surface area (Å²) >= 11 is 2.75. The quantitative estimate of drug-likeness (QED) is 0.592. The highest BCUT2D eigenvalue weighted by Gasteiger charge is 2.13. The van der Waals surface area contributed by atoms with Gasteiger partial charge in [0.25, 0.3) is 0 Å². The van der Waals surface area contributed by atoms with Crippen LogP contribution < -0.4 is 10.6 Å². The van der Waals surface area contributed by atoms with Gasteiger partial charge >= 0.3 is 0 Å². The SMILES string of the molecule is CC(NC(=O)CSc1nnc(NCc2ccco2)s1)c1ccco1. The molecule has 1 amide bonds. The molecule has 0 aromatic carbocycles. The fourth-order valence-corrected chi connectivity index (χ4v) is 3.49. The number of amides is 1. The summed E-state index contributed by atoms with van der Waals surface area (Å²) in [6.07, 6.45) is 3.21. The van der Waals surface area contributed by atoms with E-state index in [0.29, 0.717) is 11.7 Å². The Hall–Kier alpha value is -2.26. The molecule has 2 N–H and O–H groups in total. The van der Waals surface area contributed by atoms with Gasteiger partial charge in [0.1, 0.15) is 11.5 Å². The third-order valence-electron chi connectivity index (χ3n) is 3.07. The summed E-state index contributed by atoms with van der Waals surface area (Å²) in [4.78, 5) is 12.0. The van der Waals surface area contributed by atoms with E-state index in [-0.39, 0.29) is 17.7 Å². The van der Waals surface area contributed by atoms with Crippen LogP contribution in [-0.2, 0) is 11.3 Å². The molecule has 0 saturated heterocycles. The van der Waals surface area contributed by atoms with Crippen LogP contribution in [0.3, 0.4) is 0 Å². The topological polar surface area (TPSA) is 93.2 Å². The molecule has 24 heavy (non-hydrogen) atoms. The molecule has 7 nitrogen and oxygen atoms in total. The molecule has 0 aliphatic rings. The van der Waals surface area contributed by atoms with E-state index in [4.69, 9.17) is 8.83 Å². The fourth-order valence-electron chi connectivity index (χ4n) is 1.93. The molecular weight excluding hydrogens is 348 g/mol. The molecule has 0 radical (unpaired) electrons. The summed E-state index contributed by atoms with van der Waals surface area (Å²) in [5.41, 5.74) is 0. The molecule has 0 spiro atoms. The predicted octanol–water partition coefficient (Wildman–Crippen LogP) is 3.31.